The number of aliphatic hydroxyl groups is 1. The molecule has 0 radical (unpaired) electrons. The quantitative estimate of drug-likeness (QED) is 0.893. The van der Waals surface area contributed by atoms with Crippen molar-refractivity contribution in [2.45, 2.75) is 32.8 Å². The minimum Gasteiger partial charge on any atom is -0.483 e. The van der Waals surface area contributed by atoms with Gasteiger partial charge in [-0.1, -0.05) is 25.1 Å². The molecule has 1 aliphatic rings. The number of amides is 1. The second kappa shape index (κ2) is 6.75. The molecule has 2 unspecified atom stereocenters. The van der Waals surface area contributed by atoms with Gasteiger partial charge in [-0.2, -0.15) is 0 Å². The predicted molar refractivity (Wildman–Crippen MR) is 77.7 cm³/mol. The van der Waals surface area contributed by atoms with Crippen LogP contribution >= 0.6 is 0 Å². The highest BCUT2D eigenvalue weighted by molar-refractivity contribution is 5.78. The Kier molecular flexibility index (Phi) is 5.01. The first-order valence-corrected chi connectivity index (χ1v) is 7.28. The van der Waals surface area contributed by atoms with Crippen molar-refractivity contribution in [2.75, 3.05) is 19.7 Å². The standard InChI is InChI=1S/C16H23NO3/c1-3-13-6-4-5-7-15(13)20-11-16(19)17-9-8-14(10-17)12(2)18/h4-7,12,14,18H,3,8-11H2,1-2H3. The SMILES string of the molecule is CCc1ccccc1OCC(=O)N1CCC(C(C)O)C1. The number of ether oxygens (including phenoxy) is 1. The Hall–Kier alpha value is -1.55. The first kappa shape index (κ1) is 14.9. The molecule has 4 heteroatoms. The lowest BCUT2D eigenvalue weighted by atomic mass is 10.0. The Bertz CT molecular complexity index is 459. The van der Waals surface area contributed by atoms with E-state index in [0.717, 1.165) is 24.2 Å². The van der Waals surface area contributed by atoms with Crippen LogP contribution in [0.1, 0.15) is 25.8 Å². The molecular formula is C16H23NO3. The summed E-state index contributed by atoms with van der Waals surface area (Å²) < 4.78 is 5.64. The zero-order valence-corrected chi connectivity index (χ0v) is 12.2. The van der Waals surface area contributed by atoms with Crippen molar-refractivity contribution in [3.63, 3.8) is 0 Å². The first-order valence-electron chi connectivity index (χ1n) is 7.28. The Balaban J connectivity index is 1.87. The van der Waals surface area contributed by atoms with Gasteiger partial charge < -0.3 is 14.7 Å². The van der Waals surface area contributed by atoms with Gasteiger partial charge in [-0.15, -0.1) is 0 Å². The summed E-state index contributed by atoms with van der Waals surface area (Å²) in [6.07, 6.45) is 1.40. The molecule has 1 fully saturated rings. The number of benzene rings is 1. The molecule has 2 atom stereocenters. The van der Waals surface area contributed by atoms with Crippen LogP contribution in [-0.2, 0) is 11.2 Å². The van der Waals surface area contributed by atoms with E-state index in [2.05, 4.69) is 6.92 Å². The van der Waals surface area contributed by atoms with Crippen LogP contribution in [-0.4, -0.2) is 41.7 Å². The lowest BCUT2D eigenvalue weighted by molar-refractivity contribution is -0.132. The molecule has 1 aromatic rings. The zero-order chi connectivity index (χ0) is 14.5. The molecule has 1 N–H and O–H groups in total. The zero-order valence-electron chi connectivity index (χ0n) is 12.2. The van der Waals surface area contributed by atoms with Crippen LogP contribution < -0.4 is 4.74 Å². The topological polar surface area (TPSA) is 49.8 Å². The second-order valence-electron chi connectivity index (χ2n) is 5.38. The maximum atomic E-state index is 12.1. The van der Waals surface area contributed by atoms with Crippen molar-refractivity contribution in [1.82, 2.24) is 4.90 Å². The summed E-state index contributed by atoms with van der Waals surface area (Å²) in [5, 5.41) is 9.56. The van der Waals surface area contributed by atoms with Gasteiger partial charge in [0, 0.05) is 19.0 Å². The third-order valence-electron chi connectivity index (χ3n) is 3.96. The summed E-state index contributed by atoms with van der Waals surface area (Å²) in [6, 6.07) is 7.80. The monoisotopic (exact) mass is 277 g/mol. The van der Waals surface area contributed by atoms with Crippen molar-refractivity contribution in [3.8, 4) is 5.75 Å². The van der Waals surface area contributed by atoms with E-state index in [1.165, 1.54) is 0 Å². The highest BCUT2D eigenvalue weighted by Crippen LogP contribution is 2.21. The lowest BCUT2D eigenvalue weighted by Gasteiger charge is -2.18. The fourth-order valence-electron chi connectivity index (χ4n) is 2.58. The van der Waals surface area contributed by atoms with Crippen LogP contribution in [0, 0.1) is 5.92 Å². The summed E-state index contributed by atoms with van der Waals surface area (Å²) in [5.41, 5.74) is 1.11. The summed E-state index contributed by atoms with van der Waals surface area (Å²) in [7, 11) is 0. The molecule has 1 aromatic carbocycles. The molecule has 0 saturated carbocycles. The number of nitrogens with zero attached hydrogens (tertiary/aromatic N) is 1. The lowest BCUT2D eigenvalue weighted by Crippen LogP contribution is -2.34. The van der Waals surface area contributed by atoms with E-state index in [0.29, 0.717) is 13.1 Å². The molecule has 1 aliphatic heterocycles. The fourth-order valence-corrected chi connectivity index (χ4v) is 2.58. The molecule has 1 saturated heterocycles. The average Bonchev–Trinajstić information content (AvgIpc) is 2.95. The Morgan fingerprint density at radius 1 is 1.50 bits per heavy atom. The van der Waals surface area contributed by atoms with Crippen molar-refractivity contribution >= 4 is 5.91 Å². The number of hydrogen-bond donors (Lipinski definition) is 1. The summed E-state index contributed by atoms with van der Waals surface area (Å²) in [6.45, 7) is 5.27. The maximum absolute atomic E-state index is 12.1. The summed E-state index contributed by atoms with van der Waals surface area (Å²) >= 11 is 0. The van der Waals surface area contributed by atoms with E-state index in [1.807, 2.05) is 24.3 Å². The van der Waals surface area contributed by atoms with Crippen LogP contribution in [0.25, 0.3) is 0 Å². The highest BCUT2D eigenvalue weighted by atomic mass is 16.5. The molecule has 0 aliphatic carbocycles. The molecule has 110 valence electrons. The van der Waals surface area contributed by atoms with Gasteiger partial charge in [0.15, 0.2) is 6.61 Å². The average molecular weight is 277 g/mol. The molecule has 0 aromatic heterocycles. The van der Waals surface area contributed by atoms with Crippen molar-refractivity contribution in [2.24, 2.45) is 5.92 Å². The largest absolute Gasteiger partial charge is 0.483 e. The summed E-state index contributed by atoms with van der Waals surface area (Å²) in [5.74, 6) is 0.982. The van der Waals surface area contributed by atoms with Gasteiger partial charge in [0.1, 0.15) is 5.75 Å². The molecule has 0 bridgehead atoms. The van der Waals surface area contributed by atoms with Gasteiger partial charge >= 0.3 is 0 Å². The third kappa shape index (κ3) is 3.51. The Morgan fingerprint density at radius 2 is 2.25 bits per heavy atom. The molecular weight excluding hydrogens is 254 g/mol. The van der Waals surface area contributed by atoms with E-state index in [9.17, 15) is 9.90 Å². The van der Waals surface area contributed by atoms with Gasteiger partial charge in [-0.25, -0.2) is 0 Å². The van der Waals surface area contributed by atoms with Crippen LogP contribution in [0.5, 0.6) is 5.75 Å². The van der Waals surface area contributed by atoms with Gasteiger partial charge in [0.25, 0.3) is 5.91 Å². The number of aryl methyl sites for hydroxylation is 1. The Labute approximate surface area is 120 Å². The molecule has 1 heterocycles. The second-order valence-corrected chi connectivity index (χ2v) is 5.38. The van der Waals surface area contributed by atoms with Gasteiger partial charge in [-0.3, -0.25) is 4.79 Å². The molecule has 2 rings (SSSR count). The van der Waals surface area contributed by atoms with E-state index in [4.69, 9.17) is 4.74 Å². The smallest absolute Gasteiger partial charge is 0.260 e. The summed E-state index contributed by atoms with van der Waals surface area (Å²) in [4.78, 5) is 13.9. The molecule has 0 spiro atoms. The van der Waals surface area contributed by atoms with Crippen molar-refractivity contribution in [1.29, 1.82) is 0 Å². The molecule has 4 nitrogen and oxygen atoms in total. The maximum Gasteiger partial charge on any atom is 0.260 e. The third-order valence-corrected chi connectivity index (χ3v) is 3.96. The normalized spacial score (nSPS) is 19.9. The predicted octanol–water partition coefficient (Wildman–Crippen LogP) is 1.86. The number of carbonyl (C=O) groups is 1. The number of para-hydroxylation sites is 1. The van der Waals surface area contributed by atoms with Crippen LogP contribution in [0.3, 0.4) is 0 Å². The van der Waals surface area contributed by atoms with E-state index >= 15 is 0 Å². The van der Waals surface area contributed by atoms with Crippen molar-refractivity contribution < 1.29 is 14.6 Å². The minimum atomic E-state index is -0.352. The van der Waals surface area contributed by atoms with E-state index in [1.54, 1.807) is 11.8 Å². The van der Waals surface area contributed by atoms with E-state index in [-0.39, 0.29) is 24.5 Å². The number of rotatable bonds is 5. The van der Waals surface area contributed by atoms with Crippen molar-refractivity contribution in [3.05, 3.63) is 29.8 Å². The van der Waals surface area contributed by atoms with Gasteiger partial charge in [-0.05, 0) is 31.4 Å². The Morgan fingerprint density at radius 3 is 2.90 bits per heavy atom. The van der Waals surface area contributed by atoms with Gasteiger partial charge in [0.2, 0.25) is 0 Å². The van der Waals surface area contributed by atoms with Crippen LogP contribution in [0.15, 0.2) is 24.3 Å². The minimum absolute atomic E-state index is 0.000874. The highest BCUT2D eigenvalue weighted by Gasteiger charge is 2.29. The van der Waals surface area contributed by atoms with E-state index < -0.39 is 0 Å². The number of aliphatic hydroxyl groups excluding tert-OH is 1. The number of carbonyl (C=O) groups excluding carboxylic acids is 1. The van der Waals surface area contributed by atoms with Gasteiger partial charge in [0.05, 0.1) is 6.10 Å². The first-order chi connectivity index (χ1) is 9.61. The number of hydrogen-bond acceptors (Lipinski definition) is 3. The van der Waals surface area contributed by atoms with Crippen LogP contribution in [0.4, 0.5) is 0 Å². The molecule has 1 amide bonds. The number of likely N-dealkylation sites (tertiary alicyclic amines) is 1. The molecule has 20 heavy (non-hydrogen) atoms. The fraction of sp³-hybridized carbons (Fsp3) is 0.562. The van der Waals surface area contributed by atoms with Crippen LogP contribution in [0.2, 0.25) is 0 Å².